The number of nitrogens with zero attached hydrogens (tertiary/aromatic N) is 9. The number of quaternary nitrogens is 1. The third-order valence-corrected chi connectivity index (χ3v) is 23.2. The van der Waals surface area contributed by atoms with Gasteiger partial charge in [0, 0.05) is 18.3 Å². The van der Waals surface area contributed by atoms with E-state index in [1.165, 1.54) is 52.3 Å². The molecule has 24 nitrogen and oxygen atoms in total. The lowest BCUT2D eigenvalue weighted by Gasteiger charge is -2.41. The third kappa shape index (κ3) is 13.7. The van der Waals surface area contributed by atoms with Crippen molar-refractivity contribution in [2.75, 3.05) is 57.5 Å². The molecular weight excluding hydrogens is 1170 g/mol. The second-order valence-corrected chi connectivity index (χ2v) is 31.1. The zero-order valence-corrected chi connectivity index (χ0v) is 51.7. The summed E-state index contributed by atoms with van der Waals surface area (Å²) in [5, 5.41) is 9.60. The van der Waals surface area contributed by atoms with E-state index in [0.29, 0.717) is 47.3 Å². The molecule has 452 valence electrons. The van der Waals surface area contributed by atoms with Crippen LogP contribution in [0.2, 0.25) is 18.1 Å². The molecule has 4 aliphatic rings. The fourth-order valence-corrected chi connectivity index (χ4v) is 14.2. The van der Waals surface area contributed by atoms with Crippen molar-refractivity contribution in [3.63, 3.8) is 0 Å². The second kappa shape index (κ2) is 26.6. The minimum Gasteiger partial charge on any atom is -0.780 e. The highest BCUT2D eigenvalue weighted by atomic mass is 32.5. The average molecular weight is 1240 g/mol. The van der Waals surface area contributed by atoms with E-state index in [1.54, 1.807) is 70.6 Å². The van der Waals surface area contributed by atoms with Crippen LogP contribution in [0.15, 0.2) is 90.6 Å². The third-order valence-electron chi connectivity index (χ3n) is 15.7. The molecule has 3 saturated heterocycles. The number of alkyl halides is 1. The number of amides is 1. The number of imidazole rings is 1. The van der Waals surface area contributed by atoms with E-state index >= 15 is 8.96 Å². The highest BCUT2D eigenvalue weighted by Gasteiger charge is 2.56. The molecule has 6 aromatic rings. The lowest BCUT2D eigenvalue weighted by atomic mass is 10.1. The van der Waals surface area contributed by atoms with Gasteiger partial charge in [-0.15, -0.1) is 0 Å². The number of aryl methyl sites for hydroxylation is 1. The second-order valence-electron chi connectivity index (χ2n) is 22.0. The molecule has 10 atom stereocenters. The van der Waals surface area contributed by atoms with E-state index in [-0.39, 0.29) is 42.3 Å². The van der Waals surface area contributed by atoms with Crippen LogP contribution in [0.4, 0.5) is 10.2 Å². The number of benzene rings is 2. The number of aromatic nitrogens is 7. The van der Waals surface area contributed by atoms with Crippen molar-refractivity contribution in [3.05, 3.63) is 113 Å². The molecule has 3 fully saturated rings. The summed E-state index contributed by atoms with van der Waals surface area (Å²) in [6.45, 7) is 13.9. The van der Waals surface area contributed by atoms with Gasteiger partial charge in [-0.2, -0.15) is 5.26 Å². The van der Waals surface area contributed by atoms with Crippen LogP contribution in [0.3, 0.4) is 0 Å². The fraction of sp³-hybridized carbons (Fsp3) is 0.527. The van der Waals surface area contributed by atoms with E-state index in [1.807, 2.05) is 46.0 Å². The number of anilines is 1. The van der Waals surface area contributed by atoms with Gasteiger partial charge in [0.05, 0.1) is 75.8 Å². The molecule has 8 heterocycles. The van der Waals surface area contributed by atoms with Crippen molar-refractivity contribution >= 4 is 74.6 Å². The van der Waals surface area contributed by atoms with E-state index < -0.39 is 108 Å². The predicted octanol–water partition coefficient (Wildman–Crippen LogP) is 6.38. The normalized spacial score (nSPS) is 26.5. The Kier molecular flexibility index (Phi) is 20.0. The maximum absolute atomic E-state index is 17.4. The van der Waals surface area contributed by atoms with Gasteiger partial charge in [-0.3, -0.25) is 37.2 Å². The molecule has 2 unspecified atom stereocenters. The Morgan fingerprint density at radius 1 is 0.881 bits per heavy atom. The Morgan fingerprint density at radius 3 is 2.23 bits per heavy atom. The van der Waals surface area contributed by atoms with Crippen LogP contribution in [-0.4, -0.2) is 143 Å². The van der Waals surface area contributed by atoms with Gasteiger partial charge in [0.25, 0.3) is 11.5 Å². The van der Waals surface area contributed by atoms with Crippen molar-refractivity contribution in [3.8, 4) is 6.07 Å². The Balaban J connectivity index is 0.00000114. The van der Waals surface area contributed by atoms with E-state index in [9.17, 15) is 24.5 Å². The summed E-state index contributed by atoms with van der Waals surface area (Å²) in [6, 6.07) is 19.1. The number of hydrogen-bond donors (Lipinski definition) is 1. The van der Waals surface area contributed by atoms with Crippen LogP contribution in [0.5, 0.6) is 0 Å². The number of esters is 1. The first kappa shape index (κ1) is 63.0. The number of hydrogen-bond acceptors (Lipinski definition) is 20. The van der Waals surface area contributed by atoms with Crippen molar-refractivity contribution in [2.45, 2.75) is 135 Å². The summed E-state index contributed by atoms with van der Waals surface area (Å²) in [5.74, 6) is -0.534. The van der Waals surface area contributed by atoms with Crippen LogP contribution >= 0.6 is 14.5 Å². The summed E-state index contributed by atoms with van der Waals surface area (Å²) in [7, 11) is -7.83. The highest BCUT2D eigenvalue weighted by Crippen LogP contribution is 2.57. The molecule has 1 amide bonds. The summed E-state index contributed by atoms with van der Waals surface area (Å²) >= 11 is 5.48. The number of halogens is 1. The van der Waals surface area contributed by atoms with Crippen LogP contribution in [0, 0.1) is 11.3 Å². The average Bonchev–Trinajstić information content (AvgIpc) is 2.85. The van der Waals surface area contributed by atoms with Crippen LogP contribution in [0.25, 0.3) is 22.2 Å². The Morgan fingerprint density at radius 2 is 1.56 bits per heavy atom. The van der Waals surface area contributed by atoms with Crippen LogP contribution in [0.1, 0.15) is 93.1 Å². The monoisotopic (exact) mass is 1240 g/mol. The smallest absolute Gasteiger partial charge is 0.475 e. The Labute approximate surface area is 492 Å². The number of carbonyl (C=O) groups is 2. The molecule has 4 aromatic heterocycles. The summed E-state index contributed by atoms with van der Waals surface area (Å²) in [6.07, 6.45) is -6.17. The lowest BCUT2D eigenvalue weighted by molar-refractivity contribution is -0.894. The number of carbonyl (C=O) groups excluding carboxylic acids is 2. The van der Waals surface area contributed by atoms with Gasteiger partial charge >= 0.3 is 13.8 Å². The van der Waals surface area contributed by atoms with Crippen molar-refractivity contribution < 1.29 is 69.6 Å². The van der Waals surface area contributed by atoms with E-state index in [2.05, 4.69) is 40.7 Å². The minimum absolute atomic E-state index is 0.000108. The first-order valence-electron chi connectivity index (χ1n) is 28.0. The standard InChI is InChI=1S/C49H56FN9O14P2SSi.C6H15N/c1-49(2,3)77(4,5)73-39-34-26-68-75(64,76)72-38-33(69-46(36(38)50)58-24-32-18-12-20-57(41-35(32)42(58)53-27-52-41)44(60)30-14-8-6-9-15-30)25-67-74(63,66-22-13-19-51)71-40(39)47(70-34)59-29-54-37-43(59)55-28-56(45(37)61)21-23-65-48(62)31-16-10-7-11-17-31;1-4-7(5-2)6-3/h6-11,14-17,24,27-29,33-34,36,38-40,46-47H,12-13,18,20-23,25-26H2,1-5H3,(H,64,76);4-6H2,1-3H3/t33-,34-,36-,38-,39-,40-,46-,47-,74?,75?;/m1./s1. The van der Waals surface area contributed by atoms with E-state index in [0.717, 1.165) is 0 Å². The lowest BCUT2D eigenvalue weighted by Crippen LogP contribution is -3.11. The van der Waals surface area contributed by atoms with Gasteiger partial charge in [-0.05, 0) is 81.6 Å². The van der Waals surface area contributed by atoms with Gasteiger partial charge in [0.15, 0.2) is 38.1 Å². The minimum atomic E-state index is -4.95. The molecule has 1 N–H and O–H groups in total. The molecule has 0 radical (unpaired) electrons. The van der Waals surface area contributed by atoms with Crippen LogP contribution < -0.4 is 20.3 Å². The summed E-state index contributed by atoms with van der Waals surface area (Å²) in [5.41, 5.74) is 1.02. The molecule has 2 bridgehead atoms. The van der Waals surface area contributed by atoms with Crippen molar-refractivity contribution in [1.82, 2.24) is 33.6 Å². The molecular formula is C55H71FN10O14P2SSi. The van der Waals surface area contributed by atoms with Gasteiger partial charge in [0.2, 0.25) is 0 Å². The number of rotatable bonds is 15. The molecule has 2 aromatic carbocycles. The Hall–Kier alpha value is -5.53. The quantitative estimate of drug-likeness (QED) is 0.0505. The maximum atomic E-state index is 17.4. The largest absolute Gasteiger partial charge is 0.780 e. The molecule has 10 rings (SSSR count). The molecule has 0 spiro atoms. The van der Waals surface area contributed by atoms with Gasteiger partial charge < -0.3 is 42.0 Å². The first-order valence-corrected chi connectivity index (χ1v) is 34.9. The molecule has 0 saturated carbocycles. The SMILES string of the molecule is CC(C)(C)[Si](C)(C)O[C@H]1[C@H]2OP(=O)(OCCC#N)OC[C@H]3O[C@@H](n4cc5c6c(ncnc64)N(C(=O)c4ccccc4)CCC5)[C@H](F)[C@@H]3OP([O-])(=S)OC[C@H]1O[C@H]2n1cnc2c(=O)n(CCOC(=O)c3ccccc3)cnc21.CC[NH+](CC)CC. The summed E-state index contributed by atoms with van der Waals surface area (Å²) in [4.78, 5) is 76.0. The number of fused-ring (bicyclic) bond motifs is 4. The van der Waals surface area contributed by atoms with Crippen LogP contribution in [-0.2, 0) is 70.6 Å². The molecule has 84 heavy (non-hydrogen) atoms. The van der Waals surface area contributed by atoms with E-state index in [4.69, 9.17) is 53.1 Å². The zero-order valence-electron chi connectivity index (χ0n) is 48.1. The molecule has 0 aliphatic carbocycles. The number of nitrogens with one attached hydrogen (secondary N) is 1. The van der Waals surface area contributed by atoms with Gasteiger partial charge in [-0.1, -0.05) is 69.0 Å². The van der Waals surface area contributed by atoms with Gasteiger partial charge in [0.1, 0.15) is 68.0 Å². The molecule has 29 heteroatoms. The number of phosphoric ester groups is 1. The summed E-state index contributed by atoms with van der Waals surface area (Å²) < 4.78 is 92.3. The maximum Gasteiger partial charge on any atom is 0.475 e. The number of nitriles is 1. The zero-order chi connectivity index (χ0) is 60.1. The molecule has 4 aliphatic heterocycles. The Bertz CT molecular complexity index is 3490. The number of phosphoric acid groups is 1. The number of ether oxygens (including phenoxy) is 3. The van der Waals surface area contributed by atoms with Crippen molar-refractivity contribution in [1.29, 1.82) is 5.26 Å². The predicted molar refractivity (Wildman–Crippen MR) is 310 cm³/mol. The topological polar surface area (TPSA) is 272 Å². The van der Waals surface area contributed by atoms with Crippen molar-refractivity contribution in [2.24, 2.45) is 0 Å². The van der Waals surface area contributed by atoms with Gasteiger partial charge in [-0.25, -0.2) is 33.7 Å². The first-order chi connectivity index (χ1) is 40.1. The highest BCUT2D eigenvalue weighted by molar-refractivity contribution is 8.06. The fourth-order valence-electron chi connectivity index (χ4n) is 10.1.